The van der Waals surface area contributed by atoms with Crippen LogP contribution in [0.1, 0.15) is 68.7 Å². The van der Waals surface area contributed by atoms with Gasteiger partial charge in [-0.15, -0.1) is 0 Å². The van der Waals surface area contributed by atoms with Crippen LogP contribution in [0.5, 0.6) is 0 Å². The summed E-state index contributed by atoms with van der Waals surface area (Å²) in [5, 5.41) is 9.18. The summed E-state index contributed by atoms with van der Waals surface area (Å²) in [5.41, 5.74) is 2.15. The average Bonchev–Trinajstić information content (AvgIpc) is 2.84. The molecule has 0 bridgehead atoms. The molecule has 0 fully saturated rings. The summed E-state index contributed by atoms with van der Waals surface area (Å²) in [4.78, 5) is 15.8. The van der Waals surface area contributed by atoms with Gasteiger partial charge in [0, 0.05) is 12.5 Å². The van der Waals surface area contributed by atoms with Crippen molar-refractivity contribution in [3.8, 4) is 0 Å². The second-order valence-corrected chi connectivity index (χ2v) is 5.61. The lowest BCUT2D eigenvalue weighted by Gasteiger charge is -2.17. The highest BCUT2D eigenvalue weighted by Gasteiger charge is 2.16. The molecule has 0 saturated heterocycles. The molecule has 1 aromatic heterocycles. The van der Waals surface area contributed by atoms with Crippen molar-refractivity contribution in [3.05, 3.63) is 29.6 Å². The zero-order valence-electron chi connectivity index (χ0n) is 13.1. The number of carboxylic acids is 1. The molecule has 0 radical (unpaired) electrons. The molecule has 4 heteroatoms. The maximum absolute atomic E-state index is 11.2. The summed E-state index contributed by atoms with van der Waals surface area (Å²) < 4.78 is 2.22. The van der Waals surface area contributed by atoms with E-state index in [9.17, 15) is 9.90 Å². The Bertz CT molecular complexity index is 631. The Balaban J connectivity index is 2.43. The molecular weight excluding hydrogens is 264 g/mol. The van der Waals surface area contributed by atoms with Gasteiger partial charge in [-0.3, -0.25) is 0 Å². The predicted octanol–water partition coefficient (Wildman–Crippen LogP) is 4.44. The van der Waals surface area contributed by atoms with Crippen LogP contribution in [0, 0.1) is 0 Å². The summed E-state index contributed by atoms with van der Waals surface area (Å²) in [6.45, 7) is 6.49. The van der Waals surface area contributed by atoms with Gasteiger partial charge in [0.2, 0.25) is 0 Å². The van der Waals surface area contributed by atoms with Gasteiger partial charge in [0.05, 0.1) is 16.6 Å². The maximum Gasteiger partial charge on any atom is 0.335 e. The summed E-state index contributed by atoms with van der Waals surface area (Å²) in [7, 11) is 0. The number of rotatable bonds is 7. The Morgan fingerprint density at radius 1 is 1.33 bits per heavy atom. The first-order chi connectivity index (χ1) is 10.1. The van der Waals surface area contributed by atoms with Crippen LogP contribution < -0.4 is 0 Å². The van der Waals surface area contributed by atoms with E-state index in [1.807, 2.05) is 6.07 Å². The minimum absolute atomic E-state index is 0.326. The Kier molecular flexibility index (Phi) is 4.99. The fourth-order valence-electron chi connectivity index (χ4n) is 2.84. The lowest BCUT2D eigenvalue weighted by atomic mass is 10.1. The van der Waals surface area contributed by atoms with Crippen LogP contribution in [0.2, 0.25) is 0 Å². The fraction of sp³-hybridized carbons (Fsp3) is 0.529. The third-order valence-electron chi connectivity index (χ3n) is 3.99. The van der Waals surface area contributed by atoms with Crippen LogP contribution in [-0.2, 0) is 6.42 Å². The highest BCUT2D eigenvalue weighted by Crippen LogP contribution is 2.26. The molecule has 1 heterocycles. The van der Waals surface area contributed by atoms with Crippen LogP contribution in [0.4, 0.5) is 0 Å². The normalized spacial score (nSPS) is 12.7. The quantitative estimate of drug-likeness (QED) is 0.766. The van der Waals surface area contributed by atoms with Crippen molar-refractivity contribution >= 4 is 17.0 Å². The van der Waals surface area contributed by atoms with E-state index in [-0.39, 0.29) is 0 Å². The molecule has 1 unspecified atom stereocenters. The topological polar surface area (TPSA) is 55.1 Å². The summed E-state index contributed by atoms with van der Waals surface area (Å²) in [5.74, 6) is 0.151. The molecule has 0 amide bonds. The van der Waals surface area contributed by atoms with Crippen LogP contribution in [0.3, 0.4) is 0 Å². The first kappa shape index (κ1) is 15.5. The van der Waals surface area contributed by atoms with Crippen LogP contribution in [0.25, 0.3) is 11.0 Å². The van der Waals surface area contributed by atoms with Crippen molar-refractivity contribution in [1.29, 1.82) is 0 Å². The number of benzene rings is 1. The molecule has 1 N–H and O–H groups in total. The van der Waals surface area contributed by atoms with E-state index >= 15 is 0 Å². The third-order valence-corrected chi connectivity index (χ3v) is 3.99. The molecular formula is C17H24N2O2. The highest BCUT2D eigenvalue weighted by atomic mass is 16.4. The van der Waals surface area contributed by atoms with Crippen molar-refractivity contribution in [2.24, 2.45) is 0 Å². The van der Waals surface area contributed by atoms with E-state index in [1.54, 1.807) is 12.1 Å². The van der Waals surface area contributed by atoms with Crippen LogP contribution in [0.15, 0.2) is 18.2 Å². The first-order valence-electron chi connectivity index (χ1n) is 7.82. The zero-order valence-corrected chi connectivity index (χ0v) is 13.1. The Hall–Kier alpha value is -1.84. The molecule has 21 heavy (non-hydrogen) atoms. The largest absolute Gasteiger partial charge is 0.478 e. The van der Waals surface area contributed by atoms with Crippen molar-refractivity contribution in [2.45, 2.75) is 58.9 Å². The standard InChI is InChI=1S/C17H24N2O2/c1-4-6-7-8-12(3)19-15-11-13(17(20)21)9-10-14(15)18-16(19)5-2/h9-12H,4-8H2,1-3H3,(H,20,21). The van der Waals surface area contributed by atoms with Gasteiger partial charge in [-0.25, -0.2) is 9.78 Å². The number of carboxylic acid groups (broad SMARTS) is 1. The molecule has 2 rings (SSSR count). The van der Waals surface area contributed by atoms with Gasteiger partial charge >= 0.3 is 5.97 Å². The highest BCUT2D eigenvalue weighted by molar-refractivity contribution is 5.92. The Morgan fingerprint density at radius 2 is 2.10 bits per heavy atom. The van der Waals surface area contributed by atoms with Gasteiger partial charge < -0.3 is 9.67 Å². The molecule has 1 aromatic carbocycles. The lowest BCUT2D eigenvalue weighted by Crippen LogP contribution is -2.09. The third kappa shape index (κ3) is 3.26. The Morgan fingerprint density at radius 3 is 2.71 bits per heavy atom. The molecule has 0 spiro atoms. The number of fused-ring (bicyclic) bond motifs is 1. The lowest BCUT2D eigenvalue weighted by molar-refractivity contribution is 0.0697. The zero-order chi connectivity index (χ0) is 15.4. The van der Waals surface area contributed by atoms with E-state index in [0.29, 0.717) is 11.6 Å². The SMILES string of the molecule is CCCCCC(C)n1c(CC)nc2ccc(C(=O)O)cc21. The van der Waals surface area contributed by atoms with Crippen LogP contribution in [-0.4, -0.2) is 20.6 Å². The molecule has 4 nitrogen and oxygen atoms in total. The minimum Gasteiger partial charge on any atom is -0.478 e. The number of aromatic nitrogens is 2. The van der Waals surface area contributed by atoms with Crippen molar-refractivity contribution in [3.63, 3.8) is 0 Å². The number of hydrogen-bond acceptors (Lipinski definition) is 2. The van der Waals surface area contributed by atoms with Gasteiger partial charge in [0.15, 0.2) is 0 Å². The molecule has 0 saturated carbocycles. The van der Waals surface area contributed by atoms with E-state index < -0.39 is 5.97 Å². The Labute approximate surface area is 125 Å². The minimum atomic E-state index is -0.888. The van der Waals surface area contributed by atoms with Crippen molar-refractivity contribution in [1.82, 2.24) is 9.55 Å². The number of nitrogens with zero attached hydrogens (tertiary/aromatic N) is 2. The molecule has 114 valence electrons. The molecule has 1 atom stereocenters. The van der Waals surface area contributed by atoms with E-state index in [1.165, 1.54) is 19.3 Å². The summed E-state index contributed by atoms with van der Waals surface area (Å²) in [6, 6.07) is 5.54. The summed E-state index contributed by atoms with van der Waals surface area (Å²) in [6.07, 6.45) is 5.60. The number of aromatic carboxylic acids is 1. The monoisotopic (exact) mass is 288 g/mol. The van der Waals surface area contributed by atoms with E-state index in [0.717, 1.165) is 29.7 Å². The number of hydrogen-bond donors (Lipinski definition) is 1. The van der Waals surface area contributed by atoms with Crippen LogP contribution >= 0.6 is 0 Å². The number of aryl methyl sites for hydroxylation is 1. The number of unbranched alkanes of at least 4 members (excludes halogenated alkanes) is 2. The predicted molar refractivity (Wildman–Crippen MR) is 84.9 cm³/mol. The maximum atomic E-state index is 11.2. The second kappa shape index (κ2) is 6.74. The first-order valence-corrected chi connectivity index (χ1v) is 7.82. The average molecular weight is 288 g/mol. The van der Waals surface area contributed by atoms with Crippen molar-refractivity contribution < 1.29 is 9.90 Å². The smallest absolute Gasteiger partial charge is 0.335 e. The molecule has 2 aromatic rings. The van der Waals surface area contributed by atoms with Gasteiger partial charge in [0.1, 0.15) is 5.82 Å². The number of imidazole rings is 1. The molecule has 0 aliphatic carbocycles. The van der Waals surface area contributed by atoms with Gasteiger partial charge in [-0.2, -0.15) is 0 Å². The van der Waals surface area contributed by atoms with E-state index in [2.05, 4.69) is 30.3 Å². The number of carbonyl (C=O) groups is 1. The van der Waals surface area contributed by atoms with Gasteiger partial charge in [0.25, 0.3) is 0 Å². The molecule has 0 aliphatic rings. The van der Waals surface area contributed by atoms with Gasteiger partial charge in [-0.1, -0.05) is 33.1 Å². The van der Waals surface area contributed by atoms with Crippen molar-refractivity contribution in [2.75, 3.05) is 0 Å². The molecule has 0 aliphatic heterocycles. The van der Waals surface area contributed by atoms with Gasteiger partial charge in [-0.05, 0) is 31.5 Å². The fourth-order valence-corrected chi connectivity index (χ4v) is 2.84. The van der Waals surface area contributed by atoms with E-state index in [4.69, 9.17) is 0 Å². The second-order valence-electron chi connectivity index (χ2n) is 5.61. The summed E-state index contributed by atoms with van der Waals surface area (Å²) >= 11 is 0.